The van der Waals surface area contributed by atoms with Crippen LogP contribution in [0.5, 0.6) is 0 Å². The van der Waals surface area contributed by atoms with Crippen LogP contribution in [0.25, 0.3) is 0 Å². The number of anilines is 1. The number of carbonyl (C=O) groups is 1. The third-order valence-electron chi connectivity index (χ3n) is 2.32. The molecule has 2 rings (SSSR count). The van der Waals surface area contributed by atoms with E-state index < -0.39 is 5.82 Å². The topological polar surface area (TPSA) is 42.0 Å². The van der Waals surface area contributed by atoms with Crippen LogP contribution in [0.4, 0.5) is 10.1 Å². The SMILES string of the molecule is O=C(Cc1ccc(Br)cc1)Nc1ccncc1F. The van der Waals surface area contributed by atoms with Gasteiger partial charge in [0.1, 0.15) is 0 Å². The van der Waals surface area contributed by atoms with Gasteiger partial charge in [0.2, 0.25) is 5.91 Å². The minimum absolute atomic E-state index is 0.145. The summed E-state index contributed by atoms with van der Waals surface area (Å²) in [5.74, 6) is -0.802. The third kappa shape index (κ3) is 3.37. The lowest BCUT2D eigenvalue weighted by atomic mass is 10.1. The van der Waals surface area contributed by atoms with Gasteiger partial charge in [-0.25, -0.2) is 4.39 Å². The van der Waals surface area contributed by atoms with Crippen molar-refractivity contribution in [3.05, 3.63) is 58.6 Å². The third-order valence-corrected chi connectivity index (χ3v) is 2.85. The molecule has 0 spiro atoms. The summed E-state index contributed by atoms with van der Waals surface area (Å²) in [5.41, 5.74) is 1.01. The summed E-state index contributed by atoms with van der Waals surface area (Å²) in [7, 11) is 0. The van der Waals surface area contributed by atoms with Gasteiger partial charge in [0.15, 0.2) is 5.82 Å². The van der Waals surface area contributed by atoms with Crippen LogP contribution in [-0.4, -0.2) is 10.9 Å². The fourth-order valence-corrected chi connectivity index (χ4v) is 1.72. The standard InChI is InChI=1S/C13H10BrFN2O/c14-10-3-1-9(2-4-10)7-13(18)17-12-5-6-16-8-11(12)15/h1-6,8H,7H2,(H,16,17,18). The van der Waals surface area contributed by atoms with E-state index in [2.05, 4.69) is 26.2 Å². The van der Waals surface area contributed by atoms with E-state index in [0.717, 1.165) is 16.2 Å². The fraction of sp³-hybridized carbons (Fsp3) is 0.0769. The average Bonchev–Trinajstić information content (AvgIpc) is 2.35. The molecule has 1 N–H and O–H groups in total. The Labute approximate surface area is 112 Å². The lowest BCUT2D eigenvalue weighted by Crippen LogP contribution is -2.15. The summed E-state index contributed by atoms with van der Waals surface area (Å²) >= 11 is 3.32. The van der Waals surface area contributed by atoms with E-state index in [0.29, 0.717) is 0 Å². The van der Waals surface area contributed by atoms with Crippen LogP contribution in [0.1, 0.15) is 5.56 Å². The van der Waals surface area contributed by atoms with Crippen molar-refractivity contribution in [2.45, 2.75) is 6.42 Å². The van der Waals surface area contributed by atoms with Crippen LogP contribution in [0, 0.1) is 5.82 Å². The Balaban J connectivity index is 2.01. The van der Waals surface area contributed by atoms with Gasteiger partial charge >= 0.3 is 0 Å². The largest absolute Gasteiger partial charge is 0.323 e. The van der Waals surface area contributed by atoms with E-state index in [9.17, 15) is 9.18 Å². The van der Waals surface area contributed by atoms with Gasteiger partial charge in [-0.3, -0.25) is 9.78 Å². The number of nitrogens with one attached hydrogen (secondary N) is 1. The number of benzene rings is 1. The van der Waals surface area contributed by atoms with E-state index in [-0.39, 0.29) is 18.0 Å². The Kier molecular flexibility index (Phi) is 4.04. The van der Waals surface area contributed by atoms with Crippen LogP contribution in [0.2, 0.25) is 0 Å². The Hall–Kier alpha value is -1.75. The highest BCUT2D eigenvalue weighted by molar-refractivity contribution is 9.10. The number of nitrogens with zero attached hydrogens (tertiary/aromatic N) is 1. The van der Waals surface area contributed by atoms with Gasteiger partial charge in [-0.05, 0) is 23.8 Å². The second-order valence-corrected chi connectivity index (χ2v) is 4.62. The van der Waals surface area contributed by atoms with Crippen LogP contribution in [-0.2, 0) is 11.2 Å². The smallest absolute Gasteiger partial charge is 0.228 e. The highest BCUT2D eigenvalue weighted by Gasteiger charge is 2.07. The minimum Gasteiger partial charge on any atom is -0.323 e. The number of aromatic nitrogens is 1. The maximum Gasteiger partial charge on any atom is 0.228 e. The predicted molar refractivity (Wildman–Crippen MR) is 70.7 cm³/mol. The molecule has 0 unspecified atom stereocenters. The molecular weight excluding hydrogens is 299 g/mol. The van der Waals surface area contributed by atoms with Crippen molar-refractivity contribution in [2.24, 2.45) is 0 Å². The molecule has 5 heteroatoms. The normalized spacial score (nSPS) is 10.1. The van der Waals surface area contributed by atoms with Crippen molar-refractivity contribution in [3.63, 3.8) is 0 Å². The highest BCUT2D eigenvalue weighted by Crippen LogP contribution is 2.13. The van der Waals surface area contributed by atoms with Crippen molar-refractivity contribution in [1.82, 2.24) is 4.98 Å². The molecule has 2 aromatic rings. The van der Waals surface area contributed by atoms with E-state index in [1.54, 1.807) is 0 Å². The van der Waals surface area contributed by atoms with Gasteiger partial charge in [0.25, 0.3) is 0 Å². The molecule has 0 bridgehead atoms. The van der Waals surface area contributed by atoms with Gasteiger partial charge in [-0.15, -0.1) is 0 Å². The number of amides is 1. The molecule has 0 aliphatic heterocycles. The molecule has 1 amide bonds. The maximum atomic E-state index is 13.3. The molecule has 18 heavy (non-hydrogen) atoms. The predicted octanol–water partition coefficient (Wildman–Crippen LogP) is 3.16. The Bertz CT molecular complexity index is 557. The first kappa shape index (κ1) is 12.7. The first-order chi connectivity index (χ1) is 8.65. The fourth-order valence-electron chi connectivity index (χ4n) is 1.46. The van der Waals surface area contributed by atoms with Gasteiger partial charge in [0.05, 0.1) is 18.3 Å². The van der Waals surface area contributed by atoms with Gasteiger partial charge in [-0.1, -0.05) is 28.1 Å². The number of hydrogen-bond donors (Lipinski definition) is 1. The summed E-state index contributed by atoms with van der Waals surface area (Å²) in [6.45, 7) is 0. The summed E-state index contributed by atoms with van der Waals surface area (Å²) in [6.07, 6.45) is 2.70. The summed E-state index contributed by atoms with van der Waals surface area (Å²) in [6, 6.07) is 8.82. The minimum atomic E-state index is -0.540. The molecule has 0 aliphatic rings. The maximum absolute atomic E-state index is 13.3. The lowest BCUT2D eigenvalue weighted by Gasteiger charge is -2.05. The molecular formula is C13H10BrFN2O. The first-order valence-electron chi connectivity index (χ1n) is 5.29. The second-order valence-electron chi connectivity index (χ2n) is 3.71. The quantitative estimate of drug-likeness (QED) is 0.946. The molecule has 0 fully saturated rings. The molecule has 1 aromatic carbocycles. The number of pyridine rings is 1. The molecule has 0 atom stereocenters. The summed E-state index contributed by atoms with van der Waals surface area (Å²) in [5, 5.41) is 2.51. The number of halogens is 2. The molecule has 0 saturated carbocycles. The van der Waals surface area contributed by atoms with E-state index in [1.807, 2.05) is 24.3 Å². The van der Waals surface area contributed by atoms with Crippen molar-refractivity contribution in [3.8, 4) is 0 Å². The Morgan fingerprint density at radius 1 is 1.28 bits per heavy atom. The molecule has 3 nitrogen and oxygen atoms in total. The van der Waals surface area contributed by atoms with Crippen molar-refractivity contribution in [1.29, 1.82) is 0 Å². The molecule has 1 aromatic heterocycles. The first-order valence-corrected chi connectivity index (χ1v) is 6.08. The Morgan fingerprint density at radius 2 is 2.00 bits per heavy atom. The zero-order chi connectivity index (χ0) is 13.0. The summed E-state index contributed by atoms with van der Waals surface area (Å²) in [4.78, 5) is 15.3. The van der Waals surface area contributed by atoms with Gasteiger partial charge in [0, 0.05) is 10.7 Å². The molecule has 0 saturated heterocycles. The second kappa shape index (κ2) is 5.73. The van der Waals surface area contributed by atoms with Crippen LogP contribution < -0.4 is 5.32 Å². The average molecular weight is 309 g/mol. The summed E-state index contributed by atoms with van der Waals surface area (Å²) < 4.78 is 14.2. The lowest BCUT2D eigenvalue weighted by molar-refractivity contribution is -0.115. The number of hydrogen-bond acceptors (Lipinski definition) is 2. The zero-order valence-corrected chi connectivity index (χ0v) is 10.9. The van der Waals surface area contributed by atoms with Crippen molar-refractivity contribution in [2.75, 3.05) is 5.32 Å². The van der Waals surface area contributed by atoms with Crippen LogP contribution in [0.15, 0.2) is 47.2 Å². The monoisotopic (exact) mass is 308 g/mol. The van der Waals surface area contributed by atoms with Crippen molar-refractivity contribution >= 4 is 27.5 Å². The van der Waals surface area contributed by atoms with E-state index in [4.69, 9.17) is 0 Å². The van der Waals surface area contributed by atoms with Gasteiger partial charge in [-0.2, -0.15) is 0 Å². The van der Waals surface area contributed by atoms with E-state index in [1.165, 1.54) is 12.3 Å². The molecule has 92 valence electrons. The highest BCUT2D eigenvalue weighted by atomic mass is 79.9. The molecule has 0 radical (unpaired) electrons. The molecule has 1 heterocycles. The van der Waals surface area contributed by atoms with Gasteiger partial charge < -0.3 is 5.32 Å². The van der Waals surface area contributed by atoms with Crippen LogP contribution in [0.3, 0.4) is 0 Å². The van der Waals surface area contributed by atoms with E-state index >= 15 is 0 Å². The van der Waals surface area contributed by atoms with Crippen LogP contribution >= 0.6 is 15.9 Å². The Morgan fingerprint density at radius 3 is 2.67 bits per heavy atom. The number of rotatable bonds is 3. The van der Waals surface area contributed by atoms with Crippen molar-refractivity contribution < 1.29 is 9.18 Å². The number of carbonyl (C=O) groups excluding carboxylic acids is 1. The molecule has 0 aliphatic carbocycles. The zero-order valence-electron chi connectivity index (χ0n) is 9.36.